The molecule has 98 valence electrons. The molecule has 2 unspecified atom stereocenters. The van der Waals surface area contributed by atoms with E-state index in [1.165, 1.54) is 17.5 Å². The molecule has 3 rings (SSSR count). The Morgan fingerprint density at radius 2 is 2.22 bits per heavy atom. The normalized spacial score (nSPS) is 27.7. The van der Waals surface area contributed by atoms with Gasteiger partial charge in [0.15, 0.2) is 0 Å². The van der Waals surface area contributed by atoms with Gasteiger partial charge < -0.3 is 10.0 Å². The van der Waals surface area contributed by atoms with Crippen LogP contribution >= 0.6 is 11.6 Å². The first-order valence-corrected chi connectivity index (χ1v) is 7.15. The molecule has 0 saturated heterocycles. The molecule has 18 heavy (non-hydrogen) atoms. The Morgan fingerprint density at radius 1 is 1.44 bits per heavy atom. The maximum absolute atomic E-state index is 10.2. The quantitative estimate of drug-likeness (QED) is 0.779. The summed E-state index contributed by atoms with van der Waals surface area (Å²) in [5.41, 5.74) is 3.88. The van der Waals surface area contributed by atoms with Crippen molar-refractivity contribution in [2.75, 3.05) is 20.1 Å². The molecule has 2 atom stereocenters. The average molecular weight is 266 g/mol. The second-order valence-electron chi connectivity index (χ2n) is 6.01. The Hall–Kier alpha value is -0.730. The first-order chi connectivity index (χ1) is 8.56. The van der Waals surface area contributed by atoms with Crippen LogP contribution in [0.4, 0.5) is 0 Å². The van der Waals surface area contributed by atoms with Gasteiger partial charge >= 0.3 is 0 Å². The van der Waals surface area contributed by atoms with Crippen LogP contribution in [0.5, 0.6) is 5.75 Å². The molecular formula is C15H20ClNO. The third-order valence-electron chi connectivity index (χ3n) is 4.43. The lowest BCUT2D eigenvalue weighted by atomic mass is 9.75. The molecule has 1 heterocycles. The van der Waals surface area contributed by atoms with Crippen LogP contribution in [0.3, 0.4) is 0 Å². The molecular weight excluding hydrogens is 246 g/mol. The number of hydrogen-bond donors (Lipinski definition) is 1. The highest BCUT2D eigenvalue weighted by atomic mass is 35.5. The molecule has 0 bridgehead atoms. The molecule has 2 aliphatic rings. The number of aromatic hydroxyl groups is 1. The fourth-order valence-corrected chi connectivity index (χ4v) is 3.91. The van der Waals surface area contributed by atoms with E-state index in [1.54, 1.807) is 0 Å². The van der Waals surface area contributed by atoms with E-state index in [9.17, 15) is 5.11 Å². The van der Waals surface area contributed by atoms with Gasteiger partial charge in [0.05, 0.1) is 5.02 Å². The van der Waals surface area contributed by atoms with Crippen molar-refractivity contribution in [3.63, 3.8) is 0 Å². The standard InChI is InChI=1S/C15H20ClNO/c1-9-5-11-8-17(2)4-3-10-7-13(16)15(18)12(6-9)14(10)11/h7,9,11,18H,3-6,8H2,1-2H3. The molecule has 0 spiro atoms. The molecule has 0 fully saturated rings. The van der Waals surface area contributed by atoms with Crippen LogP contribution in [0.2, 0.25) is 5.02 Å². The lowest BCUT2D eigenvalue weighted by molar-refractivity contribution is 0.294. The van der Waals surface area contributed by atoms with Crippen LogP contribution in [-0.2, 0) is 12.8 Å². The van der Waals surface area contributed by atoms with Gasteiger partial charge in [0.1, 0.15) is 5.75 Å². The molecule has 1 aliphatic carbocycles. The Balaban J connectivity index is 2.18. The van der Waals surface area contributed by atoms with Gasteiger partial charge in [-0.15, -0.1) is 0 Å². The zero-order valence-electron chi connectivity index (χ0n) is 11.0. The van der Waals surface area contributed by atoms with Crippen LogP contribution in [0.25, 0.3) is 0 Å². The largest absolute Gasteiger partial charge is 0.506 e. The number of nitrogens with zero attached hydrogens (tertiary/aromatic N) is 1. The van der Waals surface area contributed by atoms with E-state index < -0.39 is 0 Å². The second kappa shape index (κ2) is 4.43. The van der Waals surface area contributed by atoms with Gasteiger partial charge in [-0.25, -0.2) is 0 Å². The van der Waals surface area contributed by atoms with Gasteiger partial charge in [0, 0.05) is 13.1 Å². The van der Waals surface area contributed by atoms with Crippen molar-refractivity contribution in [3.8, 4) is 5.75 Å². The monoisotopic (exact) mass is 265 g/mol. The van der Waals surface area contributed by atoms with E-state index in [2.05, 4.69) is 18.9 Å². The number of hydrogen-bond acceptors (Lipinski definition) is 2. The number of halogens is 1. The minimum Gasteiger partial charge on any atom is -0.506 e. The van der Waals surface area contributed by atoms with Crippen molar-refractivity contribution >= 4 is 11.6 Å². The molecule has 1 aromatic carbocycles. The zero-order chi connectivity index (χ0) is 12.9. The molecule has 0 radical (unpaired) electrons. The molecule has 0 saturated carbocycles. The maximum atomic E-state index is 10.2. The van der Waals surface area contributed by atoms with Crippen molar-refractivity contribution in [2.24, 2.45) is 5.92 Å². The summed E-state index contributed by atoms with van der Waals surface area (Å²) < 4.78 is 0. The fraction of sp³-hybridized carbons (Fsp3) is 0.600. The van der Waals surface area contributed by atoms with Crippen LogP contribution in [0.1, 0.15) is 36.0 Å². The van der Waals surface area contributed by atoms with Crippen molar-refractivity contribution in [3.05, 3.63) is 27.8 Å². The van der Waals surface area contributed by atoms with E-state index in [0.29, 0.717) is 22.6 Å². The molecule has 1 aromatic rings. The minimum absolute atomic E-state index is 0.330. The Kier molecular flexibility index (Phi) is 3.03. The average Bonchev–Trinajstić information content (AvgIpc) is 2.45. The van der Waals surface area contributed by atoms with Crippen molar-refractivity contribution in [1.29, 1.82) is 0 Å². The zero-order valence-corrected chi connectivity index (χ0v) is 11.8. The summed E-state index contributed by atoms with van der Waals surface area (Å²) in [6.45, 7) is 4.46. The van der Waals surface area contributed by atoms with E-state index >= 15 is 0 Å². The van der Waals surface area contributed by atoms with E-state index in [-0.39, 0.29) is 0 Å². The lowest BCUT2D eigenvalue weighted by Gasteiger charge is -2.32. The number of benzene rings is 1. The van der Waals surface area contributed by atoms with Crippen molar-refractivity contribution in [1.82, 2.24) is 4.90 Å². The van der Waals surface area contributed by atoms with Gasteiger partial charge in [-0.05, 0) is 60.9 Å². The molecule has 1 aliphatic heterocycles. The minimum atomic E-state index is 0.330. The summed E-state index contributed by atoms with van der Waals surface area (Å²) in [5, 5.41) is 10.8. The van der Waals surface area contributed by atoms with E-state index in [1.807, 2.05) is 6.07 Å². The first kappa shape index (κ1) is 12.3. The van der Waals surface area contributed by atoms with E-state index in [0.717, 1.165) is 31.5 Å². The maximum Gasteiger partial charge on any atom is 0.137 e. The van der Waals surface area contributed by atoms with Crippen LogP contribution in [0, 0.1) is 5.92 Å². The highest BCUT2D eigenvalue weighted by Crippen LogP contribution is 2.45. The Labute approximate surface area is 114 Å². The summed E-state index contributed by atoms with van der Waals surface area (Å²) in [6, 6.07) is 1.98. The number of phenols is 1. The van der Waals surface area contributed by atoms with Crippen molar-refractivity contribution in [2.45, 2.75) is 32.1 Å². The summed E-state index contributed by atoms with van der Waals surface area (Å²) in [4.78, 5) is 2.40. The predicted molar refractivity (Wildman–Crippen MR) is 74.5 cm³/mol. The lowest BCUT2D eigenvalue weighted by Crippen LogP contribution is -2.27. The summed E-state index contributed by atoms with van der Waals surface area (Å²) in [5.74, 6) is 1.53. The molecule has 3 heteroatoms. The van der Waals surface area contributed by atoms with E-state index in [4.69, 9.17) is 11.6 Å². The SMILES string of the molecule is CC1Cc2c(O)c(Cl)cc3c2C(C1)CN(C)CC3. The molecule has 2 nitrogen and oxygen atoms in total. The molecule has 1 N–H and O–H groups in total. The van der Waals surface area contributed by atoms with Crippen LogP contribution < -0.4 is 0 Å². The summed E-state index contributed by atoms with van der Waals surface area (Å²) >= 11 is 6.18. The summed E-state index contributed by atoms with van der Waals surface area (Å²) in [7, 11) is 2.19. The number of likely N-dealkylation sites (N-methyl/N-ethyl adjacent to an activating group) is 1. The van der Waals surface area contributed by atoms with Gasteiger partial charge in [0.25, 0.3) is 0 Å². The second-order valence-corrected chi connectivity index (χ2v) is 6.42. The predicted octanol–water partition coefficient (Wildman–Crippen LogP) is 3.20. The fourth-order valence-electron chi connectivity index (χ4n) is 3.67. The van der Waals surface area contributed by atoms with Gasteiger partial charge in [-0.1, -0.05) is 18.5 Å². The van der Waals surface area contributed by atoms with Crippen LogP contribution in [0.15, 0.2) is 6.07 Å². The van der Waals surface area contributed by atoms with Crippen molar-refractivity contribution < 1.29 is 5.11 Å². The highest BCUT2D eigenvalue weighted by molar-refractivity contribution is 6.32. The van der Waals surface area contributed by atoms with Crippen LogP contribution in [-0.4, -0.2) is 30.1 Å². The first-order valence-electron chi connectivity index (χ1n) is 6.78. The summed E-state index contributed by atoms with van der Waals surface area (Å²) in [6.07, 6.45) is 3.24. The van der Waals surface area contributed by atoms with Gasteiger partial charge in [-0.2, -0.15) is 0 Å². The smallest absolute Gasteiger partial charge is 0.137 e. The third kappa shape index (κ3) is 1.92. The number of rotatable bonds is 0. The van der Waals surface area contributed by atoms with Gasteiger partial charge in [0.2, 0.25) is 0 Å². The number of phenolic OH excluding ortho intramolecular Hbond substituents is 1. The highest BCUT2D eigenvalue weighted by Gasteiger charge is 2.32. The van der Waals surface area contributed by atoms with Gasteiger partial charge in [-0.3, -0.25) is 0 Å². The molecule has 0 amide bonds. The topological polar surface area (TPSA) is 23.5 Å². The molecule has 0 aromatic heterocycles. The Bertz CT molecular complexity index is 486. The Morgan fingerprint density at radius 3 is 3.00 bits per heavy atom. The third-order valence-corrected chi connectivity index (χ3v) is 4.71.